The lowest BCUT2D eigenvalue weighted by molar-refractivity contribution is -0.139. The molecule has 0 amide bonds. The summed E-state index contributed by atoms with van der Waals surface area (Å²) in [4.78, 5) is 34.0. The van der Waals surface area contributed by atoms with E-state index in [1.807, 2.05) is 6.92 Å². The molecule has 0 bridgehead atoms. The quantitative estimate of drug-likeness (QED) is 0.617. The van der Waals surface area contributed by atoms with Gasteiger partial charge in [-0.3, -0.25) is 4.79 Å². The lowest BCUT2D eigenvalue weighted by atomic mass is 10.1. The number of carbonyl (C=O) groups is 3. The van der Waals surface area contributed by atoms with Crippen molar-refractivity contribution >= 4 is 18.1 Å². The normalized spacial score (nSPS) is 9.79. The van der Waals surface area contributed by atoms with Crippen LogP contribution >= 0.6 is 0 Å². The van der Waals surface area contributed by atoms with Crippen molar-refractivity contribution in [1.29, 1.82) is 0 Å². The zero-order chi connectivity index (χ0) is 14.3. The Balaban J connectivity index is 2.64. The first-order valence-corrected chi connectivity index (χ1v) is 6.13. The second-order valence-electron chi connectivity index (χ2n) is 3.87. The third kappa shape index (κ3) is 4.54. The minimum absolute atomic E-state index is 0.106. The molecule has 0 aromatic heterocycles. The first kappa shape index (κ1) is 14.9. The molecule has 102 valence electrons. The fourth-order valence-electron chi connectivity index (χ4n) is 1.53. The van der Waals surface area contributed by atoms with Crippen LogP contribution in [0, 0.1) is 0 Å². The summed E-state index contributed by atoms with van der Waals surface area (Å²) in [7, 11) is 0. The SMILES string of the molecule is CCCC(=O)OC(=O)OC(=O)c1ccccc1CC. The van der Waals surface area contributed by atoms with Crippen molar-refractivity contribution in [3.05, 3.63) is 35.4 Å². The maximum atomic E-state index is 11.7. The van der Waals surface area contributed by atoms with E-state index >= 15 is 0 Å². The van der Waals surface area contributed by atoms with Gasteiger partial charge in [0, 0.05) is 6.42 Å². The zero-order valence-electron chi connectivity index (χ0n) is 11.0. The third-order valence-electron chi connectivity index (χ3n) is 2.45. The van der Waals surface area contributed by atoms with E-state index in [9.17, 15) is 14.4 Å². The largest absolute Gasteiger partial charge is 0.524 e. The summed E-state index contributed by atoms with van der Waals surface area (Å²) in [5, 5.41) is 0. The highest BCUT2D eigenvalue weighted by Crippen LogP contribution is 2.11. The van der Waals surface area contributed by atoms with Crippen LogP contribution in [0.3, 0.4) is 0 Å². The van der Waals surface area contributed by atoms with Gasteiger partial charge in [-0.15, -0.1) is 0 Å². The first-order valence-electron chi connectivity index (χ1n) is 6.13. The van der Waals surface area contributed by atoms with Crippen molar-refractivity contribution in [3.63, 3.8) is 0 Å². The van der Waals surface area contributed by atoms with Gasteiger partial charge < -0.3 is 9.47 Å². The predicted octanol–water partition coefficient (Wildman–Crippen LogP) is 2.87. The molecule has 0 saturated carbocycles. The number of aryl methyl sites for hydroxylation is 1. The highest BCUT2D eigenvalue weighted by Gasteiger charge is 2.18. The molecule has 0 spiro atoms. The Hall–Kier alpha value is -2.17. The number of ether oxygens (including phenoxy) is 2. The molecule has 0 aliphatic rings. The van der Waals surface area contributed by atoms with E-state index in [2.05, 4.69) is 9.47 Å². The summed E-state index contributed by atoms with van der Waals surface area (Å²) in [5.41, 5.74) is 1.06. The van der Waals surface area contributed by atoms with Crippen molar-refractivity contribution in [2.24, 2.45) is 0 Å². The maximum Gasteiger partial charge on any atom is 0.524 e. The van der Waals surface area contributed by atoms with Crippen LogP contribution in [-0.2, 0) is 20.7 Å². The minimum atomic E-state index is -1.28. The van der Waals surface area contributed by atoms with Crippen LogP contribution in [0.25, 0.3) is 0 Å². The van der Waals surface area contributed by atoms with E-state index in [1.54, 1.807) is 31.2 Å². The molecule has 5 heteroatoms. The Bertz CT molecular complexity index is 478. The molecule has 0 atom stereocenters. The Kier molecular flexibility index (Phi) is 5.73. The van der Waals surface area contributed by atoms with Gasteiger partial charge in [0.1, 0.15) is 0 Å². The van der Waals surface area contributed by atoms with Gasteiger partial charge in [-0.05, 0) is 24.5 Å². The van der Waals surface area contributed by atoms with E-state index in [1.165, 1.54) is 0 Å². The number of esters is 2. The molecular formula is C14H16O5. The second kappa shape index (κ2) is 7.31. The third-order valence-corrected chi connectivity index (χ3v) is 2.45. The average Bonchev–Trinajstić information content (AvgIpc) is 2.38. The van der Waals surface area contributed by atoms with Gasteiger partial charge in [0.25, 0.3) is 0 Å². The van der Waals surface area contributed by atoms with Gasteiger partial charge in [-0.2, -0.15) is 0 Å². The second-order valence-corrected chi connectivity index (χ2v) is 3.87. The first-order chi connectivity index (χ1) is 9.08. The maximum absolute atomic E-state index is 11.7. The van der Waals surface area contributed by atoms with Crippen molar-refractivity contribution in [3.8, 4) is 0 Å². The van der Waals surface area contributed by atoms with Crippen LogP contribution in [0.4, 0.5) is 4.79 Å². The van der Waals surface area contributed by atoms with Crippen LogP contribution in [-0.4, -0.2) is 18.1 Å². The number of hydrogen-bond acceptors (Lipinski definition) is 5. The Morgan fingerprint density at radius 3 is 2.37 bits per heavy atom. The Labute approximate surface area is 111 Å². The lowest BCUT2D eigenvalue weighted by Crippen LogP contribution is -2.18. The van der Waals surface area contributed by atoms with Gasteiger partial charge in [0.15, 0.2) is 0 Å². The summed E-state index contributed by atoms with van der Waals surface area (Å²) in [6, 6.07) is 6.79. The molecule has 19 heavy (non-hydrogen) atoms. The van der Waals surface area contributed by atoms with Crippen molar-refractivity contribution < 1.29 is 23.9 Å². The topological polar surface area (TPSA) is 69.7 Å². The Morgan fingerprint density at radius 1 is 1.05 bits per heavy atom. The number of benzene rings is 1. The van der Waals surface area contributed by atoms with Gasteiger partial charge in [0.05, 0.1) is 5.56 Å². The van der Waals surface area contributed by atoms with Gasteiger partial charge in [-0.25, -0.2) is 9.59 Å². The zero-order valence-corrected chi connectivity index (χ0v) is 11.0. The van der Waals surface area contributed by atoms with Crippen LogP contribution in [0.5, 0.6) is 0 Å². The lowest BCUT2D eigenvalue weighted by Gasteiger charge is -2.06. The van der Waals surface area contributed by atoms with Crippen molar-refractivity contribution in [2.45, 2.75) is 33.1 Å². The summed E-state index contributed by atoms with van der Waals surface area (Å²) in [6.45, 7) is 3.66. The molecule has 0 heterocycles. The van der Waals surface area contributed by atoms with Crippen LogP contribution in [0.2, 0.25) is 0 Å². The highest BCUT2D eigenvalue weighted by molar-refractivity contribution is 5.98. The van der Waals surface area contributed by atoms with Crippen molar-refractivity contribution in [2.75, 3.05) is 0 Å². The van der Waals surface area contributed by atoms with Crippen molar-refractivity contribution in [1.82, 2.24) is 0 Å². The highest BCUT2D eigenvalue weighted by atomic mass is 16.8. The fourth-order valence-corrected chi connectivity index (χ4v) is 1.53. The summed E-state index contributed by atoms with van der Waals surface area (Å²) in [5.74, 6) is -1.52. The molecular weight excluding hydrogens is 248 g/mol. The van der Waals surface area contributed by atoms with Crippen LogP contribution in [0.1, 0.15) is 42.6 Å². The van der Waals surface area contributed by atoms with Crippen LogP contribution < -0.4 is 0 Å². The summed E-state index contributed by atoms with van der Waals surface area (Å²) < 4.78 is 8.81. The molecule has 0 aliphatic carbocycles. The average molecular weight is 264 g/mol. The molecule has 1 aromatic rings. The molecule has 1 aromatic carbocycles. The Morgan fingerprint density at radius 2 is 1.74 bits per heavy atom. The van der Waals surface area contributed by atoms with E-state index < -0.39 is 18.1 Å². The molecule has 0 aliphatic heterocycles. The minimum Gasteiger partial charge on any atom is -0.360 e. The van der Waals surface area contributed by atoms with E-state index in [0.29, 0.717) is 18.4 Å². The molecule has 0 N–H and O–H groups in total. The molecule has 0 fully saturated rings. The van der Waals surface area contributed by atoms with Gasteiger partial charge in [-0.1, -0.05) is 32.0 Å². The van der Waals surface area contributed by atoms with E-state index in [4.69, 9.17) is 0 Å². The van der Waals surface area contributed by atoms with E-state index in [-0.39, 0.29) is 6.42 Å². The van der Waals surface area contributed by atoms with Crippen LogP contribution in [0.15, 0.2) is 24.3 Å². The molecule has 0 saturated heterocycles. The fraction of sp³-hybridized carbons (Fsp3) is 0.357. The number of rotatable bonds is 4. The molecule has 1 rings (SSSR count). The number of hydrogen-bond donors (Lipinski definition) is 0. The number of carbonyl (C=O) groups excluding carboxylic acids is 3. The monoisotopic (exact) mass is 264 g/mol. The molecule has 5 nitrogen and oxygen atoms in total. The molecule has 0 radical (unpaired) electrons. The van der Waals surface area contributed by atoms with E-state index in [0.717, 1.165) is 5.56 Å². The van der Waals surface area contributed by atoms with Gasteiger partial charge in [0.2, 0.25) is 0 Å². The molecule has 0 unspecified atom stereocenters. The predicted molar refractivity (Wildman–Crippen MR) is 67.6 cm³/mol. The summed E-state index contributed by atoms with van der Waals surface area (Å²) in [6.07, 6.45) is 0.0113. The van der Waals surface area contributed by atoms with Gasteiger partial charge >= 0.3 is 18.1 Å². The standard InChI is InChI=1S/C14H16O5/c1-3-7-12(15)18-14(17)19-13(16)11-9-6-5-8-10(11)4-2/h5-6,8-9H,3-4,7H2,1-2H3. The summed E-state index contributed by atoms with van der Waals surface area (Å²) >= 11 is 0. The smallest absolute Gasteiger partial charge is 0.360 e.